The summed E-state index contributed by atoms with van der Waals surface area (Å²) in [4.78, 5) is 5.69. The first kappa shape index (κ1) is 8.15. The molecule has 0 fully saturated rings. The molecule has 0 saturated carbocycles. The van der Waals surface area contributed by atoms with Crippen LogP contribution in [0.4, 0.5) is 0 Å². The highest BCUT2D eigenvalue weighted by Gasteiger charge is 2.06. The molecule has 0 aromatic carbocycles. The zero-order chi connectivity index (χ0) is 9.38. The average molecular weight is 217 g/mol. The lowest BCUT2D eigenvalue weighted by Gasteiger charge is -1.97. The van der Waals surface area contributed by atoms with Crippen molar-refractivity contribution in [2.45, 2.75) is 0 Å². The summed E-state index contributed by atoms with van der Waals surface area (Å²) in [5, 5.41) is 5.49. The van der Waals surface area contributed by atoms with Gasteiger partial charge < -0.3 is 0 Å². The van der Waals surface area contributed by atoms with Gasteiger partial charge in [0, 0.05) is 6.20 Å². The molecule has 0 bridgehead atoms. The van der Waals surface area contributed by atoms with Gasteiger partial charge in [-0.3, -0.25) is 4.98 Å². The second kappa shape index (κ2) is 3.19. The first-order valence-electron chi connectivity index (χ1n) is 4.31. The number of fused-ring (bicyclic) bond motifs is 1. The van der Waals surface area contributed by atoms with Crippen LogP contribution >= 0.6 is 22.7 Å². The van der Waals surface area contributed by atoms with E-state index in [1.165, 1.54) is 15.0 Å². The van der Waals surface area contributed by atoms with Gasteiger partial charge in [-0.2, -0.15) is 0 Å². The summed E-state index contributed by atoms with van der Waals surface area (Å²) < 4.78 is 1.29. The van der Waals surface area contributed by atoms with Crippen LogP contribution in [-0.2, 0) is 0 Å². The average Bonchev–Trinajstić information content (AvgIpc) is 2.88. The number of hydrogen-bond acceptors (Lipinski definition) is 3. The standard InChI is InChI=1S/C11H7NS2/c1-2-9(13-6-1)10-11-8(3-5-12-10)4-7-14-11/h1-7H. The van der Waals surface area contributed by atoms with Gasteiger partial charge in [-0.15, -0.1) is 22.7 Å². The van der Waals surface area contributed by atoms with Gasteiger partial charge in [0.05, 0.1) is 15.3 Å². The highest BCUT2D eigenvalue weighted by atomic mass is 32.1. The molecule has 0 radical (unpaired) electrons. The highest BCUT2D eigenvalue weighted by Crippen LogP contribution is 2.32. The van der Waals surface area contributed by atoms with Crippen LogP contribution < -0.4 is 0 Å². The molecule has 3 aromatic rings. The van der Waals surface area contributed by atoms with Crippen LogP contribution in [0.5, 0.6) is 0 Å². The Morgan fingerprint density at radius 1 is 1.00 bits per heavy atom. The van der Waals surface area contributed by atoms with Gasteiger partial charge in [0.1, 0.15) is 0 Å². The third-order valence-corrected chi connectivity index (χ3v) is 3.94. The summed E-state index contributed by atoms with van der Waals surface area (Å²) in [5.41, 5.74) is 1.12. The van der Waals surface area contributed by atoms with Gasteiger partial charge in [-0.25, -0.2) is 0 Å². The Kier molecular flexibility index (Phi) is 1.85. The summed E-state index contributed by atoms with van der Waals surface area (Å²) in [7, 11) is 0. The van der Waals surface area contributed by atoms with E-state index in [1.54, 1.807) is 22.7 Å². The molecule has 14 heavy (non-hydrogen) atoms. The molecule has 0 aliphatic carbocycles. The topological polar surface area (TPSA) is 12.9 Å². The quantitative estimate of drug-likeness (QED) is 0.600. The molecule has 3 heteroatoms. The van der Waals surface area contributed by atoms with Crippen molar-refractivity contribution in [2.75, 3.05) is 0 Å². The van der Waals surface area contributed by atoms with E-state index in [1.807, 2.05) is 6.20 Å². The van der Waals surface area contributed by atoms with Crippen molar-refractivity contribution in [3.8, 4) is 10.6 Å². The van der Waals surface area contributed by atoms with Crippen LogP contribution in [0.1, 0.15) is 0 Å². The second-order valence-corrected chi connectivity index (χ2v) is 4.84. The molecule has 0 unspecified atom stereocenters. The predicted octanol–water partition coefficient (Wildman–Crippen LogP) is 4.02. The Morgan fingerprint density at radius 2 is 2.00 bits per heavy atom. The monoisotopic (exact) mass is 217 g/mol. The van der Waals surface area contributed by atoms with Gasteiger partial charge in [0.2, 0.25) is 0 Å². The fourth-order valence-electron chi connectivity index (χ4n) is 1.48. The molecular formula is C11H7NS2. The van der Waals surface area contributed by atoms with Crippen molar-refractivity contribution in [3.05, 3.63) is 41.2 Å². The molecule has 3 rings (SSSR count). The third-order valence-electron chi connectivity index (χ3n) is 2.12. The van der Waals surface area contributed by atoms with Gasteiger partial charge >= 0.3 is 0 Å². The van der Waals surface area contributed by atoms with Crippen LogP contribution in [-0.4, -0.2) is 4.98 Å². The molecule has 1 nitrogen and oxygen atoms in total. The minimum atomic E-state index is 1.12. The van der Waals surface area contributed by atoms with Crippen LogP contribution in [0, 0.1) is 0 Å². The number of rotatable bonds is 1. The van der Waals surface area contributed by atoms with Crippen LogP contribution in [0.25, 0.3) is 20.7 Å². The predicted molar refractivity (Wildman–Crippen MR) is 62.9 cm³/mol. The van der Waals surface area contributed by atoms with E-state index in [2.05, 4.69) is 40.0 Å². The Bertz CT molecular complexity index is 551. The lowest BCUT2D eigenvalue weighted by molar-refractivity contribution is 1.38. The fraction of sp³-hybridized carbons (Fsp3) is 0. The van der Waals surface area contributed by atoms with Crippen LogP contribution in [0.2, 0.25) is 0 Å². The van der Waals surface area contributed by atoms with Crippen LogP contribution in [0.15, 0.2) is 41.2 Å². The minimum absolute atomic E-state index is 1.12. The number of pyridine rings is 1. The molecule has 0 N–H and O–H groups in total. The number of hydrogen-bond donors (Lipinski definition) is 0. The lowest BCUT2D eigenvalue weighted by atomic mass is 10.2. The Balaban J connectivity index is 2.36. The van der Waals surface area contributed by atoms with Crippen molar-refractivity contribution < 1.29 is 0 Å². The van der Waals surface area contributed by atoms with E-state index in [-0.39, 0.29) is 0 Å². The molecule has 3 aromatic heterocycles. The first-order chi connectivity index (χ1) is 6.95. The lowest BCUT2D eigenvalue weighted by Crippen LogP contribution is -1.78. The van der Waals surface area contributed by atoms with Crippen molar-refractivity contribution in [2.24, 2.45) is 0 Å². The third kappa shape index (κ3) is 1.17. The van der Waals surface area contributed by atoms with E-state index in [0.717, 1.165) is 5.69 Å². The number of aromatic nitrogens is 1. The number of nitrogens with zero attached hydrogens (tertiary/aromatic N) is 1. The summed E-state index contributed by atoms with van der Waals surface area (Å²) in [6.07, 6.45) is 1.88. The fourth-order valence-corrected chi connectivity index (χ4v) is 3.17. The Hall–Kier alpha value is -1.19. The summed E-state index contributed by atoms with van der Waals surface area (Å²) in [6, 6.07) is 8.38. The Labute approximate surface area is 89.7 Å². The van der Waals surface area contributed by atoms with E-state index >= 15 is 0 Å². The molecule has 68 valence electrons. The van der Waals surface area contributed by atoms with Gasteiger partial charge in [-0.05, 0) is 34.3 Å². The van der Waals surface area contributed by atoms with Gasteiger partial charge in [0.25, 0.3) is 0 Å². The van der Waals surface area contributed by atoms with Crippen molar-refractivity contribution in [1.29, 1.82) is 0 Å². The molecule has 0 aliphatic rings. The molecule has 0 spiro atoms. The largest absolute Gasteiger partial charge is 0.254 e. The molecule has 0 atom stereocenters. The van der Waals surface area contributed by atoms with Gasteiger partial charge in [0.15, 0.2) is 0 Å². The van der Waals surface area contributed by atoms with Crippen LogP contribution in [0.3, 0.4) is 0 Å². The smallest absolute Gasteiger partial charge is 0.0979 e. The molecule has 0 amide bonds. The molecule has 0 aliphatic heterocycles. The zero-order valence-electron chi connectivity index (χ0n) is 7.31. The molecule has 0 saturated heterocycles. The maximum Gasteiger partial charge on any atom is 0.0979 e. The first-order valence-corrected chi connectivity index (χ1v) is 6.07. The molecule has 3 heterocycles. The van der Waals surface area contributed by atoms with Crippen molar-refractivity contribution in [3.63, 3.8) is 0 Å². The second-order valence-electron chi connectivity index (χ2n) is 2.98. The summed E-state index contributed by atoms with van der Waals surface area (Å²) in [6.45, 7) is 0. The van der Waals surface area contributed by atoms with Gasteiger partial charge in [-0.1, -0.05) is 6.07 Å². The summed E-state index contributed by atoms with van der Waals surface area (Å²) in [5.74, 6) is 0. The Morgan fingerprint density at radius 3 is 2.86 bits per heavy atom. The van der Waals surface area contributed by atoms with E-state index in [9.17, 15) is 0 Å². The van der Waals surface area contributed by atoms with E-state index in [4.69, 9.17) is 0 Å². The maximum absolute atomic E-state index is 4.44. The van der Waals surface area contributed by atoms with E-state index < -0.39 is 0 Å². The minimum Gasteiger partial charge on any atom is -0.254 e. The summed E-state index contributed by atoms with van der Waals surface area (Å²) >= 11 is 3.49. The number of thiophene rings is 2. The van der Waals surface area contributed by atoms with Crippen molar-refractivity contribution >= 4 is 32.8 Å². The zero-order valence-corrected chi connectivity index (χ0v) is 8.94. The SMILES string of the molecule is c1csc(-c2nccc3ccsc23)c1. The molecular weight excluding hydrogens is 210 g/mol. The van der Waals surface area contributed by atoms with E-state index in [0.29, 0.717) is 0 Å². The normalized spacial score (nSPS) is 10.9. The maximum atomic E-state index is 4.44. The van der Waals surface area contributed by atoms with Crippen molar-refractivity contribution in [1.82, 2.24) is 4.98 Å². The highest BCUT2D eigenvalue weighted by molar-refractivity contribution is 7.19.